The van der Waals surface area contributed by atoms with Crippen molar-refractivity contribution in [2.45, 2.75) is 32.1 Å². The number of thiophene rings is 1. The maximum atomic E-state index is 12.4. The molecule has 1 heterocycles. The molecule has 1 amide bonds. The summed E-state index contributed by atoms with van der Waals surface area (Å²) in [6.07, 6.45) is 3.42. The molecule has 0 spiro atoms. The number of carbonyl (C=O) groups is 1. The third-order valence-electron chi connectivity index (χ3n) is 4.77. The van der Waals surface area contributed by atoms with E-state index < -0.39 is 0 Å². The summed E-state index contributed by atoms with van der Waals surface area (Å²) in [4.78, 5) is 13.5. The maximum Gasteiger partial charge on any atom is 0.225 e. The van der Waals surface area contributed by atoms with Crippen molar-refractivity contribution in [2.75, 3.05) is 19.0 Å². The van der Waals surface area contributed by atoms with Crippen LogP contribution in [0.25, 0.3) is 0 Å². The second-order valence-corrected chi connectivity index (χ2v) is 7.62. The highest BCUT2D eigenvalue weighted by atomic mass is 32.1. The summed E-state index contributed by atoms with van der Waals surface area (Å²) >= 11 is 1.48. The molecule has 0 aliphatic heterocycles. The van der Waals surface area contributed by atoms with Gasteiger partial charge in [-0.1, -0.05) is 12.1 Å². The Morgan fingerprint density at radius 2 is 2.35 bits per heavy atom. The number of methoxy groups -OCH3 is 1. The highest BCUT2D eigenvalue weighted by Crippen LogP contribution is 2.39. The minimum Gasteiger partial charge on any atom is -0.497 e. The van der Waals surface area contributed by atoms with E-state index in [1.165, 1.54) is 11.3 Å². The molecule has 5 nitrogen and oxygen atoms in total. The van der Waals surface area contributed by atoms with Gasteiger partial charge in [-0.3, -0.25) is 4.79 Å². The van der Waals surface area contributed by atoms with E-state index in [1.54, 1.807) is 7.11 Å². The number of aliphatic hydroxyl groups is 1. The minimum absolute atomic E-state index is 0.0957. The van der Waals surface area contributed by atoms with Gasteiger partial charge in [-0.25, -0.2) is 0 Å². The van der Waals surface area contributed by atoms with Crippen LogP contribution in [-0.4, -0.2) is 24.7 Å². The Bertz CT molecular complexity index is 838. The van der Waals surface area contributed by atoms with Crippen molar-refractivity contribution < 1.29 is 14.6 Å². The van der Waals surface area contributed by atoms with Gasteiger partial charge in [0, 0.05) is 17.9 Å². The van der Waals surface area contributed by atoms with Gasteiger partial charge < -0.3 is 15.2 Å². The van der Waals surface area contributed by atoms with Gasteiger partial charge in [-0.15, -0.1) is 11.3 Å². The normalized spacial score (nSPS) is 15.8. The summed E-state index contributed by atoms with van der Waals surface area (Å²) in [5.74, 6) is 0.935. The van der Waals surface area contributed by atoms with E-state index in [0.717, 1.165) is 41.0 Å². The summed E-state index contributed by atoms with van der Waals surface area (Å²) in [5, 5.41) is 22.4. The zero-order valence-electron chi connectivity index (χ0n) is 14.7. The first-order valence-corrected chi connectivity index (χ1v) is 9.54. The van der Waals surface area contributed by atoms with Crippen molar-refractivity contribution in [3.8, 4) is 11.8 Å². The third kappa shape index (κ3) is 4.06. The monoisotopic (exact) mass is 370 g/mol. The van der Waals surface area contributed by atoms with Crippen LogP contribution in [0.15, 0.2) is 24.3 Å². The molecule has 0 saturated carbocycles. The summed E-state index contributed by atoms with van der Waals surface area (Å²) in [6.45, 7) is 0.168. The number of aryl methyl sites for hydroxylation is 1. The Labute approximate surface area is 157 Å². The first-order valence-electron chi connectivity index (χ1n) is 8.72. The fourth-order valence-electron chi connectivity index (χ4n) is 3.29. The van der Waals surface area contributed by atoms with E-state index >= 15 is 0 Å². The Morgan fingerprint density at radius 1 is 1.50 bits per heavy atom. The van der Waals surface area contributed by atoms with Crippen LogP contribution in [0.4, 0.5) is 5.00 Å². The topological polar surface area (TPSA) is 82.3 Å². The lowest BCUT2D eigenvalue weighted by molar-refractivity contribution is -0.116. The largest absolute Gasteiger partial charge is 0.497 e. The fourth-order valence-corrected chi connectivity index (χ4v) is 4.62. The van der Waals surface area contributed by atoms with Crippen LogP contribution >= 0.6 is 11.3 Å². The predicted octanol–water partition coefficient (Wildman–Crippen LogP) is 3.30. The molecule has 26 heavy (non-hydrogen) atoms. The van der Waals surface area contributed by atoms with Gasteiger partial charge >= 0.3 is 0 Å². The second kappa shape index (κ2) is 8.35. The number of benzene rings is 1. The number of ether oxygens (including phenoxy) is 1. The van der Waals surface area contributed by atoms with E-state index in [9.17, 15) is 15.2 Å². The van der Waals surface area contributed by atoms with Gasteiger partial charge in [0.15, 0.2) is 0 Å². The first-order chi connectivity index (χ1) is 12.6. The SMILES string of the molecule is COc1cccc(CCC(=O)Nc2sc3c(c2C#N)CCC(CO)C3)c1. The summed E-state index contributed by atoms with van der Waals surface area (Å²) in [7, 11) is 1.62. The van der Waals surface area contributed by atoms with Crippen LogP contribution in [0.1, 0.15) is 34.4 Å². The van der Waals surface area contributed by atoms with Gasteiger partial charge in [-0.2, -0.15) is 5.26 Å². The minimum atomic E-state index is -0.0957. The molecule has 1 aliphatic carbocycles. The van der Waals surface area contributed by atoms with Crippen molar-refractivity contribution in [1.82, 2.24) is 0 Å². The van der Waals surface area contributed by atoms with Crippen LogP contribution in [-0.2, 0) is 24.1 Å². The molecule has 1 unspecified atom stereocenters. The number of anilines is 1. The molecule has 0 saturated heterocycles. The molecule has 3 rings (SSSR count). The lowest BCUT2D eigenvalue weighted by Crippen LogP contribution is -2.16. The molecule has 0 fully saturated rings. The average molecular weight is 370 g/mol. The Morgan fingerprint density at radius 3 is 3.08 bits per heavy atom. The Hall–Kier alpha value is -2.36. The fraction of sp³-hybridized carbons (Fsp3) is 0.400. The molecule has 136 valence electrons. The predicted molar refractivity (Wildman–Crippen MR) is 102 cm³/mol. The summed E-state index contributed by atoms with van der Waals surface area (Å²) in [5.41, 5.74) is 2.68. The maximum absolute atomic E-state index is 12.4. The second-order valence-electron chi connectivity index (χ2n) is 6.51. The molecular weight excluding hydrogens is 348 g/mol. The summed E-state index contributed by atoms with van der Waals surface area (Å²) in [6, 6.07) is 9.92. The number of nitriles is 1. The Balaban J connectivity index is 1.66. The van der Waals surface area contributed by atoms with Gasteiger partial charge in [0.25, 0.3) is 0 Å². The molecule has 1 atom stereocenters. The van der Waals surface area contributed by atoms with Crippen molar-refractivity contribution in [1.29, 1.82) is 5.26 Å². The van der Waals surface area contributed by atoms with Gasteiger partial charge in [-0.05, 0) is 54.9 Å². The highest BCUT2D eigenvalue weighted by molar-refractivity contribution is 7.16. The lowest BCUT2D eigenvalue weighted by Gasteiger charge is -2.19. The molecule has 1 aromatic carbocycles. The lowest BCUT2D eigenvalue weighted by atomic mass is 9.88. The standard InChI is InChI=1S/C20H22N2O3S/c1-25-15-4-2-3-13(9-15)6-8-19(24)22-20-17(11-21)16-7-5-14(12-23)10-18(16)26-20/h2-4,9,14,23H,5-8,10,12H2,1H3,(H,22,24). The van der Waals surface area contributed by atoms with Crippen molar-refractivity contribution in [3.05, 3.63) is 45.8 Å². The number of hydrogen-bond acceptors (Lipinski definition) is 5. The summed E-state index contributed by atoms with van der Waals surface area (Å²) < 4.78 is 5.20. The number of aliphatic hydroxyl groups excluding tert-OH is 1. The highest BCUT2D eigenvalue weighted by Gasteiger charge is 2.26. The number of nitrogens with zero attached hydrogens (tertiary/aromatic N) is 1. The van der Waals surface area contributed by atoms with Crippen LogP contribution in [0, 0.1) is 17.2 Å². The average Bonchev–Trinajstić information content (AvgIpc) is 3.02. The van der Waals surface area contributed by atoms with Crippen molar-refractivity contribution in [2.24, 2.45) is 5.92 Å². The van der Waals surface area contributed by atoms with Gasteiger partial charge in [0.05, 0.1) is 12.7 Å². The number of rotatable bonds is 6. The zero-order chi connectivity index (χ0) is 18.5. The van der Waals surface area contributed by atoms with E-state index in [-0.39, 0.29) is 18.4 Å². The van der Waals surface area contributed by atoms with Crippen molar-refractivity contribution in [3.63, 3.8) is 0 Å². The molecule has 0 bridgehead atoms. The molecule has 1 aliphatic rings. The van der Waals surface area contributed by atoms with Crippen LogP contribution in [0.3, 0.4) is 0 Å². The molecular formula is C20H22N2O3S. The van der Waals surface area contributed by atoms with Gasteiger partial charge in [0.1, 0.15) is 16.8 Å². The van der Waals surface area contributed by atoms with Crippen LogP contribution < -0.4 is 10.1 Å². The van der Waals surface area contributed by atoms with Crippen LogP contribution in [0.5, 0.6) is 5.75 Å². The number of fused-ring (bicyclic) bond motifs is 1. The first kappa shape index (κ1) is 18.4. The molecule has 6 heteroatoms. The molecule has 2 aromatic rings. The van der Waals surface area contributed by atoms with E-state index in [1.807, 2.05) is 24.3 Å². The molecule has 1 aromatic heterocycles. The number of nitrogens with one attached hydrogen (secondary N) is 1. The molecule has 0 radical (unpaired) electrons. The molecule has 2 N–H and O–H groups in total. The van der Waals surface area contributed by atoms with Crippen molar-refractivity contribution >= 4 is 22.2 Å². The quantitative estimate of drug-likeness (QED) is 0.817. The smallest absolute Gasteiger partial charge is 0.225 e. The van der Waals surface area contributed by atoms with E-state index in [0.29, 0.717) is 23.4 Å². The van der Waals surface area contributed by atoms with Crippen LogP contribution in [0.2, 0.25) is 0 Å². The van der Waals surface area contributed by atoms with E-state index in [2.05, 4.69) is 11.4 Å². The zero-order valence-corrected chi connectivity index (χ0v) is 15.6. The van der Waals surface area contributed by atoms with E-state index in [4.69, 9.17) is 4.74 Å². The Kier molecular flexibility index (Phi) is 5.92. The van der Waals surface area contributed by atoms with Gasteiger partial charge in [0.2, 0.25) is 5.91 Å². The third-order valence-corrected chi connectivity index (χ3v) is 5.93. The number of hydrogen-bond donors (Lipinski definition) is 2. The number of amides is 1. The number of carbonyl (C=O) groups excluding carboxylic acids is 1.